The summed E-state index contributed by atoms with van der Waals surface area (Å²) in [6, 6.07) is 2.57. The van der Waals surface area contributed by atoms with Crippen molar-refractivity contribution >= 4 is 0 Å². The van der Waals surface area contributed by atoms with Crippen LogP contribution in [0.3, 0.4) is 0 Å². The number of nitrogens with one attached hydrogen (secondary N) is 1. The standard InChI is InChI=1S/C14H28N2/c1-3-4-5-9-16-13-7-6-8-14(16)11-12(10-13)15-2/h12-15H,3-11H2,1-2H3. The van der Waals surface area contributed by atoms with Crippen LogP contribution in [0.2, 0.25) is 0 Å². The van der Waals surface area contributed by atoms with Crippen LogP contribution in [-0.2, 0) is 0 Å². The maximum Gasteiger partial charge on any atom is 0.0113 e. The Kier molecular flexibility index (Phi) is 4.66. The van der Waals surface area contributed by atoms with Crippen molar-refractivity contribution in [1.29, 1.82) is 0 Å². The molecule has 2 atom stereocenters. The molecule has 0 aromatic heterocycles. The van der Waals surface area contributed by atoms with E-state index in [1.165, 1.54) is 57.9 Å². The first kappa shape index (κ1) is 12.4. The predicted octanol–water partition coefficient (Wildman–Crippen LogP) is 2.78. The average molecular weight is 224 g/mol. The monoisotopic (exact) mass is 224 g/mol. The van der Waals surface area contributed by atoms with Gasteiger partial charge in [0, 0.05) is 18.1 Å². The fourth-order valence-corrected chi connectivity index (χ4v) is 3.62. The van der Waals surface area contributed by atoms with Crippen LogP contribution in [-0.4, -0.2) is 36.6 Å². The Hall–Kier alpha value is -0.0800. The average Bonchev–Trinajstić information content (AvgIpc) is 2.28. The molecule has 2 heterocycles. The summed E-state index contributed by atoms with van der Waals surface area (Å²) >= 11 is 0. The lowest BCUT2D eigenvalue weighted by Crippen LogP contribution is -2.55. The fraction of sp³-hybridized carbons (Fsp3) is 1.00. The van der Waals surface area contributed by atoms with Crippen molar-refractivity contribution < 1.29 is 0 Å². The number of piperidine rings is 2. The molecule has 2 unspecified atom stereocenters. The summed E-state index contributed by atoms with van der Waals surface area (Å²) in [5.41, 5.74) is 0. The highest BCUT2D eigenvalue weighted by Gasteiger charge is 2.36. The second-order valence-corrected chi connectivity index (χ2v) is 5.64. The molecule has 0 radical (unpaired) electrons. The van der Waals surface area contributed by atoms with Gasteiger partial charge in [-0.1, -0.05) is 26.2 Å². The van der Waals surface area contributed by atoms with Crippen molar-refractivity contribution in [2.75, 3.05) is 13.6 Å². The molecule has 2 bridgehead atoms. The van der Waals surface area contributed by atoms with Gasteiger partial charge in [-0.3, -0.25) is 4.90 Å². The summed E-state index contributed by atoms with van der Waals surface area (Å²) in [6.45, 7) is 3.66. The van der Waals surface area contributed by atoms with Crippen LogP contribution in [0.15, 0.2) is 0 Å². The first-order chi connectivity index (χ1) is 7.85. The van der Waals surface area contributed by atoms with Gasteiger partial charge in [0.25, 0.3) is 0 Å². The van der Waals surface area contributed by atoms with E-state index in [0.29, 0.717) is 0 Å². The number of unbranched alkanes of at least 4 members (excludes halogenated alkanes) is 2. The van der Waals surface area contributed by atoms with E-state index in [1.54, 1.807) is 0 Å². The van der Waals surface area contributed by atoms with Crippen molar-refractivity contribution in [3.63, 3.8) is 0 Å². The maximum absolute atomic E-state index is 3.49. The zero-order chi connectivity index (χ0) is 11.4. The highest BCUT2D eigenvalue weighted by molar-refractivity contribution is 4.94. The molecule has 0 spiro atoms. The van der Waals surface area contributed by atoms with Gasteiger partial charge >= 0.3 is 0 Å². The van der Waals surface area contributed by atoms with Gasteiger partial charge in [-0.2, -0.15) is 0 Å². The van der Waals surface area contributed by atoms with E-state index in [9.17, 15) is 0 Å². The molecule has 2 aliphatic heterocycles. The highest BCUT2D eigenvalue weighted by atomic mass is 15.2. The molecule has 2 nitrogen and oxygen atoms in total. The number of fused-ring (bicyclic) bond motifs is 2. The van der Waals surface area contributed by atoms with Gasteiger partial charge < -0.3 is 5.32 Å². The molecule has 0 saturated carbocycles. The largest absolute Gasteiger partial charge is 0.317 e. The fourth-order valence-electron chi connectivity index (χ4n) is 3.62. The van der Waals surface area contributed by atoms with E-state index >= 15 is 0 Å². The Morgan fingerprint density at radius 3 is 2.38 bits per heavy atom. The van der Waals surface area contributed by atoms with Crippen molar-refractivity contribution in [1.82, 2.24) is 10.2 Å². The van der Waals surface area contributed by atoms with Gasteiger partial charge in [0.05, 0.1) is 0 Å². The minimum Gasteiger partial charge on any atom is -0.317 e. The topological polar surface area (TPSA) is 15.3 Å². The van der Waals surface area contributed by atoms with Gasteiger partial charge in [-0.15, -0.1) is 0 Å². The van der Waals surface area contributed by atoms with E-state index in [4.69, 9.17) is 0 Å². The van der Waals surface area contributed by atoms with E-state index in [-0.39, 0.29) is 0 Å². The smallest absolute Gasteiger partial charge is 0.0113 e. The summed E-state index contributed by atoms with van der Waals surface area (Å²) < 4.78 is 0. The van der Waals surface area contributed by atoms with Crippen LogP contribution < -0.4 is 5.32 Å². The van der Waals surface area contributed by atoms with E-state index in [1.807, 2.05) is 0 Å². The quantitative estimate of drug-likeness (QED) is 0.722. The normalized spacial score (nSPS) is 35.2. The van der Waals surface area contributed by atoms with Gasteiger partial charge in [0.15, 0.2) is 0 Å². The van der Waals surface area contributed by atoms with Crippen molar-refractivity contribution in [3.05, 3.63) is 0 Å². The van der Waals surface area contributed by atoms with E-state index < -0.39 is 0 Å². The van der Waals surface area contributed by atoms with Crippen LogP contribution in [0.1, 0.15) is 58.3 Å². The van der Waals surface area contributed by atoms with Crippen molar-refractivity contribution in [3.8, 4) is 0 Å². The lowest BCUT2D eigenvalue weighted by Gasteiger charge is -2.49. The van der Waals surface area contributed by atoms with E-state index in [2.05, 4.69) is 24.2 Å². The van der Waals surface area contributed by atoms with Gasteiger partial charge in [0.2, 0.25) is 0 Å². The van der Waals surface area contributed by atoms with Gasteiger partial charge in [0.1, 0.15) is 0 Å². The summed E-state index contributed by atoms with van der Waals surface area (Å²) in [4.78, 5) is 2.84. The Morgan fingerprint density at radius 1 is 1.12 bits per heavy atom. The first-order valence-corrected chi connectivity index (χ1v) is 7.28. The molecule has 2 saturated heterocycles. The minimum absolute atomic E-state index is 0.790. The Balaban J connectivity index is 1.87. The molecular formula is C14H28N2. The maximum atomic E-state index is 3.49. The van der Waals surface area contributed by atoms with Crippen LogP contribution >= 0.6 is 0 Å². The predicted molar refractivity (Wildman–Crippen MR) is 69.7 cm³/mol. The Morgan fingerprint density at radius 2 is 1.81 bits per heavy atom. The number of nitrogens with zero attached hydrogens (tertiary/aromatic N) is 1. The summed E-state index contributed by atoms with van der Waals surface area (Å²) in [5, 5.41) is 3.49. The van der Waals surface area contributed by atoms with Crippen molar-refractivity contribution in [2.45, 2.75) is 76.4 Å². The number of rotatable bonds is 5. The highest BCUT2D eigenvalue weighted by Crippen LogP contribution is 2.34. The molecule has 2 aliphatic rings. The molecule has 0 amide bonds. The first-order valence-electron chi connectivity index (χ1n) is 7.28. The Bertz CT molecular complexity index is 191. The third-order valence-corrected chi connectivity index (χ3v) is 4.55. The van der Waals surface area contributed by atoms with Gasteiger partial charge in [-0.05, 0) is 45.7 Å². The molecule has 16 heavy (non-hydrogen) atoms. The molecule has 2 heteroatoms. The zero-order valence-corrected chi connectivity index (χ0v) is 11.0. The van der Waals surface area contributed by atoms with Crippen LogP contribution in [0.5, 0.6) is 0 Å². The third-order valence-electron chi connectivity index (χ3n) is 4.55. The lowest BCUT2D eigenvalue weighted by molar-refractivity contribution is 0.0248. The SMILES string of the molecule is CCCCCN1C2CCCC1CC(NC)C2. The molecule has 0 aliphatic carbocycles. The van der Waals surface area contributed by atoms with Crippen LogP contribution in [0.25, 0.3) is 0 Å². The second-order valence-electron chi connectivity index (χ2n) is 5.64. The third kappa shape index (κ3) is 2.78. The zero-order valence-electron chi connectivity index (χ0n) is 11.0. The van der Waals surface area contributed by atoms with Gasteiger partial charge in [-0.25, -0.2) is 0 Å². The molecule has 94 valence electrons. The Labute approximate surface area is 101 Å². The van der Waals surface area contributed by atoms with Crippen LogP contribution in [0, 0.1) is 0 Å². The molecule has 0 aromatic rings. The number of hydrogen-bond acceptors (Lipinski definition) is 2. The molecular weight excluding hydrogens is 196 g/mol. The lowest BCUT2D eigenvalue weighted by atomic mass is 9.81. The van der Waals surface area contributed by atoms with Crippen molar-refractivity contribution in [2.24, 2.45) is 0 Å². The second kappa shape index (κ2) is 6.02. The number of hydrogen-bond donors (Lipinski definition) is 1. The summed E-state index contributed by atoms with van der Waals surface area (Å²) in [7, 11) is 2.13. The molecule has 0 aromatic carbocycles. The van der Waals surface area contributed by atoms with Crippen LogP contribution in [0.4, 0.5) is 0 Å². The summed E-state index contributed by atoms with van der Waals surface area (Å²) in [5.74, 6) is 0. The summed E-state index contributed by atoms with van der Waals surface area (Å²) in [6.07, 6.45) is 11.3. The molecule has 2 rings (SSSR count). The molecule has 1 N–H and O–H groups in total. The molecule has 2 fully saturated rings. The minimum atomic E-state index is 0.790. The van der Waals surface area contributed by atoms with E-state index in [0.717, 1.165) is 18.1 Å².